The largest absolute Gasteiger partial charge is 0.469 e. The molecule has 1 saturated heterocycles. The molecule has 2 rings (SSSR count). The van der Waals surface area contributed by atoms with Gasteiger partial charge in [-0.05, 0) is 25.0 Å². The fourth-order valence-electron chi connectivity index (χ4n) is 2.22. The summed E-state index contributed by atoms with van der Waals surface area (Å²) < 4.78 is 30.6. The summed E-state index contributed by atoms with van der Waals surface area (Å²) in [4.78, 5) is 13.3. The van der Waals surface area contributed by atoms with Crippen LogP contribution in [0.5, 0.6) is 0 Å². The summed E-state index contributed by atoms with van der Waals surface area (Å²) in [7, 11) is 1.38. The van der Waals surface area contributed by atoms with Crippen LogP contribution >= 0.6 is 0 Å². The van der Waals surface area contributed by atoms with E-state index in [4.69, 9.17) is 4.74 Å². The Morgan fingerprint density at radius 1 is 1.28 bits per heavy atom. The van der Waals surface area contributed by atoms with Crippen LogP contribution in [0.15, 0.2) is 18.2 Å². The SMILES string of the molecule is COC(=O)C1CCN(c2ccc(F)c(F)c2)CC1. The van der Waals surface area contributed by atoms with Crippen molar-refractivity contribution in [3.63, 3.8) is 0 Å². The number of benzene rings is 1. The predicted molar refractivity (Wildman–Crippen MR) is 63.3 cm³/mol. The van der Waals surface area contributed by atoms with E-state index < -0.39 is 11.6 Å². The lowest BCUT2D eigenvalue weighted by Gasteiger charge is -2.32. The van der Waals surface area contributed by atoms with Crippen LogP contribution < -0.4 is 4.90 Å². The Morgan fingerprint density at radius 3 is 2.50 bits per heavy atom. The van der Waals surface area contributed by atoms with E-state index in [2.05, 4.69) is 0 Å². The van der Waals surface area contributed by atoms with E-state index >= 15 is 0 Å². The Hall–Kier alpha value is -1.65. The minimum atomic E-state index is -0.845. The van der Waals surface area contributed by atoms with Crippen LogP contribution in [0.2, 0.25) is 0 Å². The molecule has 0 bridgehead atoms. The van der Waals surface area contributed by atoms with Crippen molar-refractivity contribution in [1.82, 2.24) is 0 Å². The molecule has 0 amide bonds. The lowest BCUT2D eigenvalue weighted by atomic mass is 9.96. The Morgan fingerprint density at radius 2 is 1.94 bits per heavy atom. The van der Waals surface area contributed by atoms with Crippen LogP contribution in [0.25, 0.3) is 0 Å². The van der Waals surface area contributed by atoms with E-state index in [1.807, 2.05) is 4.90 Å². The van der Waals surface area contributed by atoms with E-state index in [1.54, 1.807) is 6.07 Å². The van der Waals surface area contributed by atoms with Crippen LogP contribution in [0.1, 0.15) is 12.8 Å². The van der Waals surface area contributed by atoms with E-state index in [0.717, 1.165) is 6.07 Å². The summed E-state index contributed by atoms with van der Waals surface area (Å²) in [5.41, 5.74) is 0.650. The van der Waals surface area contributed by atoms with E-state index in [9.17, 15) is 13.6 Å². The third-order valence-electron chi connectivity index (χ3n) is 3.30. The fourth-order valence-corrected chi connectivity index (χ4v) is 2.22. The molecular weight excluding hydrogens is 240 g/mol. The van der Waals surface area contributed by atoms with Crippen molar-refractivity contribution >= 4 is 11.7 Å². The van der Waals surface area contributed by atoms with Gasteiger partial charge >= 0.3 is 5.97 Å². The van der Waals surface area contributed by atoms with Gasteiger partial charge in [-0.2, -0.15) is 0 Å². The van der Waals surface area contributed by atoms with Crippen molar-refractivity contribution in [1.29, 1.82) is 0 Å². The van der Waals surface area contributed by atoms with Gasteiger partial charge in [0.2, 0.25) is 0 Å². The van der Waals surface area contributed by atoms with E-state index in [-0.39, 0.29) is 11.9 Å². The highest BCUT2D eigenvalue weighted by atomic mass is 19.2. The van der Waals surface area contributed by atoms with Gasteiger partial charge in [-0.25, -0.2) is 8.78 Å². The Labute approximate surface area is 104 Å². The van der Waals surface area contributed by atoms with Gasteiger partial charge in [0.1, 0.15) is 0 Å². The number of methoxy groups -OCH3 is 1. The first-order valence-electron chi connectivity index (χ1n) is 5.89. The molecule has 0 saturated carbocycles. The van der Waals surface area contributed by atoms with Crippen LogP contribution in [-0.2, 0) is 9.53 Å². The topological polar surface area (TPSA) is 29.5 Å². The number of hydrogen-bond acceptors (Lipinski definition) is 3. The second-order valence-electron chi connectivity index (χ2n) is 4.38. The van der Waals surface area contributed by atoms with Crippen molar-refractivity contribution in [2.75, 3.05) is 25.1 Å². The third kappa shape index (κ3) is 2.60. The smallest absolute Gasteiger partial charge is 0.308 e. The van der Waals surface area contributed by atoms with Gasteiger partial charge in [0, 0.05) is 24.8 Å². The summed E-state index contributed by atoms with van der Waals surface area (Å²) in [5.74, 6) is -1.97. The first kappa shape index (κ1) is 12.8. The maximum Gasteiger partial charge on any atom is 0.308 e. The van der Waals surface area contributed by atoms with Crippen molar-refractivity contribution < 1.29 is 18.3 Å². The average molecular weight is 255 g/mol. The maximum atomic E-state index is 13.1. The summed E-state index contributed by atoms with van der Waals surface area (Å²) in [6.45, 7) is 1.29. The molecule has 0 N–H and O–H groups in total. The standard InChI is InChI=1S/C13H15F2NO2/c1-18-13(17)9-4-6-16(7-5-9)10-2-3-11(14)12(15)8-10/h2-3,8-9H,4-7H2,1H3. The quantitative estimate of drug-likeness (QED) is 0.760. The average Bonchev–Trinajstić information content (AvgIpc) is 2.41. The number of ether oxygens (including phenoxy) is 1. The number of carbonyl (C=O) groups is 1. The summed E-state index contributed by atoms with van der Waals surface area (Å²) in [6.07, 6.45) is 1.34. The molecule has 0 unspecified atom stereocenters. The van der Waals surface area contributed by atoms with Crippen LogP contribution in [0.3, 0.4) is 0 Å². The molecule has 0 aliphatic carbocycles. The highest BCUT2D eigenvalue weighted by Crippen LogP contribution is 2.25. The molecule has 1 aromatic rings. The molecule has 1 aromatic carbocycles. The number of carbonyl (C=O) groups excluding carboxylic acids is 1. The van der Waals surface area contributed by atoms with Crippen LogP contribution in [0, 0.1) is 17.6 Å². The molecule has 18 heavy (non-hydrogen) atoms. The molecule has 98 valence electrons. The Balaban J connectivity index is 2.01. The molecule has 0 aromatic heterocycles. The highest BCUT2D eigenvalue weighted by molar-refractivity contribution is 5.72. The van der Waals surface area contributed by atoms with E-state index in [1.165, 1.54) is 13.2 Å². The van der Waals surface area contributed by atoms with Crippen molar-refractivity contribution in [2.24, 2.45) is 5.92 Å². The minimum absolute atomic E-state index is 0.0865. The Bertz CT molecular complexity index is 443. The third-order valence-corrected chi connectivity index (χ3v) is 3.30. The summed E-state index contributed by atoms with van der Waals surface area (Å²) >= 11 is 0. The number of halogens is 2. The molecule has 0 radical (unpaired) electrons. The lowest BCUT2D eigenvalue weighted by molar-refractivity contribution is -0.146. The van der Waals surface area contributed by atoms with Gasteiger partial charge in [-0.15, -0.1) is 0 Å². The van der Waals surface area contributed by atoms with Gasteiger partial charge in [0.15, 0.2) is 11.6 Å². The molecule has 0 spiro atoms. The van der Waals surface area contributed by atoms with Gasteiger partial charge in [0.25, 0.3) is 0 Å². The molecule has 0 atom stereocenters. The lowest BCUT2D eigenvalue weighted by Crippen LogP contribution is -2.36. The molecule has 5 heteroatoms. The zero-order chi connectivity index (χ0) is 13.1. The van der Waals surface area contributed by atoms with Gasteiger partial charge in [-0.3, -0.25) is 4.79 Å². The number of hydrogen-bond donors (Lipinski definition) is 0. The van der Waals surface area contributed by atoms with Gasteiger partial charge in [-0.1, -0.05) is 0 Å². The number of nitrogens with zero attached hydrogens (tertiary/aromatic N) is 1. The monoisotopic (exact) mass is 255 g/mol. The first-order chi connectivity index (χ1) is 8.61. The zero-order valence-corrected chi connectivity index (χ0v) is 10.2. The summed E-state index contributed by atoms with van der Waals surface area (Å²) in [6, 6.07) is 3.86. The second-order valence-corrected chi connectivity index (χ2v) is 4.38. The first-order valence-corrected chi connectivity index (χ1v) is 5.89. The van der Waals surface area contributed by atoms with Crippen molar-refractivity contribution in [2.45, 2.75) is 12.8 Å². The highest BCUT2D eigenvalue weighted by Gasteiger charge is 2.25. The molecular formula is C13H15F2NO2. The number of esters is 1. The molecule has 3 nitrogen and oxygen atoms in total. The molecule has 1 aliphatic rings. The molecule has 1 heterocycles. The van der Waals surface area contributed by atoms with Crippen LogP contribution in [0.4, 0.5) is 14.5 Å². The minimum Gasteiger partial charge on any atom is -0.469 e. The normalized spacial score (nSPS) is 16.7. The fraction of sp³-hybridized carbons (Fsp3) is 0.462. The van der Waals surface area contributed by atoms with E-state index in [0.29, 0.717) is 31.6 Å². The Kier molecular flexibility index (Phi) is 3.79. The van der Waals surface area contributed by atoms with Crippen molar-refractivity contribution in [3.05, 3.63) is 29.8 Å². The number of piperidine rings is 1. The van der Waals surface area contributed by atoms with Crippen molar-refractivity contribution in [3.8, 4) is 0 Å². The zero-order valence-electron chi connectivity index (χ0n) is 10.2. The number of rotatable bonds is 2. The van der Waals surface area contributed by atoms with Gasteiger partial charge in [0.05, 0.1) is 13.0 Å². The molecule has 1 fully saturated rings. The summed E-state index contributed by atoms with van der Waals surface area (Å²) in [5, 5.41) is 0. The van der Waals surface area contributed by atoms with Crippen LogP contribution in [-0.4, -0.2) is 26.2 Å². The van der Waals surface area contributed by atoms with Gasteiger partial charge < -0.3 is 9.64 Å². The molecule has 1 aliphatic heterocycles. The number of anilines is 1. The predicted octanol–water partition coefficient (Wildman–Crippen LogP) is 2.35. The maximum absolute atomic E-state index is 13.1. The second kappa shape index (κ2) is 5.33.